The maximum absolute atomic E-state index is 13.1. The van der Waals surface area contributed by atoms with Gasteiger partial charge in [-0.2, -0.15) is 13.5 Å². The van der Waals surface area contributed by atoms with Crippen molar-refractivity contribution in [2.75, 3.05) is 75.0 Å². The third-order valence-electron chi connectivity index (χ3n) is 6.77. The minimum atomic E-state index is -0.525. The monoisotopic (exact) mass is 607 g/mol. The van der Waals surface area contributed by atoms with E-state index < -0.39 is 6.03 Å². The first-order chi connectivity index (χ1) is 18.8. The van der Waals surface area contributed by atoms with E-state index in [0.29, 0.717) is 35.8 Å². The zero-order valence-electron chi connectivity index (χ0n) is 22.5. The summed E-state index contributed by atoms with van der Waals surface area (Å²) < 4.78 is 16.6. The van der Waals surface area contributed by atoms with Gasteiger partial charge in [-0.25, -0.2) is 14.8 Å². The first kappa shape index (κ1) is 29.7. The summed E-state index contributed by atoms with van der Waals surface area (Å²) in [5.74, 6) is 2.30. The molecule has 214 valence electrons. The molecule has 0 radical (unpaired) electrons. The molecule has 0 aliphatic carbocycles. The second kappa shape index (κ2) is 12.5. The van der Waals surface area contributed by atoms with Gasteiger partial charge in [0.05, 0.1) is 31.6 Å². The highest BCUT2D eigenvalue weighted by molar-refractivity contribution is 7.59. The highest BCUT2D eigenvalue weighted by Crippen LogP contribution is 2.44. The van der Waals surface area contributed by atoms with Crippen LogP contribution in [-0.4, -0.2) is 81.5 Å². The number of benzene rings is 2. The number of fused-ring (bicyclic) bond motifs is 3. The molecule has 2 aliphatic rings. The number of halogens is 2. The molecule has 3 aromatic rings. The van der Waals surface area contributed by atoms with E-state index >= 15 is 0 Å². The van der Waals surface area contributed by atoms with E-state index in [1.807, 2.05) is 12.1 Å². The number of carbonyl (C=O) groups is 1. The predicted octanol–water partition coefficient (Wildman–Crippen LogP) is 4.84. The molecule has 2 amide bonds. The molecular formula is C26H31Cl2N7O4S. The SMILES string of the molecule is COc1cc(OC)c(Cl)c(NC(=O)N(C)c2cc(Nc3ccc4c(c3)OC[C@@H]3CN(C)CCN43)ncn2)c1Cl.S. The lowest BCUT2D eigenvalue weighted by atomic mass is 10.1. The van der Waals surface area contributed by atoms with Gasteiger partial charge in [-0.05, 0) is 19.2 Å². The van der Waals surface area contributed by atoms with Crippen molar-refractivity contribution in [3.8, 4) is 17.2 Å². The van der Waals surface area contributed by atoms with Gasteiger partial charge in [-0.3, -0.25) is 4.90 Å². The minimum Gasteiger partial charge on any atom is -0.495 e. The molecule has 1 aromatic heterocycles. The van der Waals surface area contributed by atoms with Gasteiger partial charge < -0.3 is 34.6 Å². The van der Waals surface area contributed by atoms with Crippen LogP contribution in [0, 0.1) is 0 Å². The lowest BCUT2D eigenvalue weighted by Crippen LogP contribution is -2.56. The molecule has 1 atom stereocenters. The molecule has 0 spiro atoms. The second-order valence-corrected chi connectivity index (χ2v) is 10.0. The van der Waals surface area contributed by atoms with E-state index in [4.69, 9.17) is 37.4 Å². The molecule has 0 saturated carbocycles. The van der Waals surface area contributed by atoms with Crippen molar-refractivity contribution in [3.63, 3.8) is 0 Å². The van der Waals surface area contributed by atoms with Crippen molar-refractivity contribution >= 4 is 71.4 Å². The molecule has 2 aliphatic heterocycles. The van der Waals surface area contributed by atoms with Crippen molar-refractivity contribution in [1.29, 1.82) is 0 Å². The van der Waals surface area contributed by atoms with E-state index in [-0.39, 0.29) is 29.2 Å². The van der Waals surface area contributed by atoms with Crippen molar-refractivity contribution in [2.45, 2.75) is 6.04 Å². The topological polar surface area (TPSA) is 104 Å². The van der Waals surface area contributed by atoms with Crippen LogP contribution in [-0.2, 0) is 0 Å². The van der Waals surface area contributed by atoms with Crippen molar-refractivity contribution in [2.24, 2.45) is 0 Å². The zero-order chi connectivity index (χ0) is 27.7. The van der Waals surface area contributed by atoms with E-state index in [1.54, 1.807) is 19.2 Å². The molecule has 3 heterocycles. The molecular weight excluding hydrogens is 577 g/mol. The smallest absolute Gasteiger partial charge is 0.327 e. The molecule has 2 N–H and O–H groups in total. The Balaban J connectivity index is 0.00000370. The highest BCUT2D eigenvalue weighted by Gasteiger charge is 2.31. The van der Waals surface area contributed by atoms with Gasteiger partial charge in [-0.15, -0.1) is 0 Å². The molecule has 1 saturated heterocycles. The summed E-state index contributed by atoms with van der Waals surface area (Å²) in [6.45, 7) is 3.61. The number of carbonyl (C=O) groups excluding carboxylic acids is 1. The number of nitrogens with zero attached hydrogens (tertiary/aromatic N) is 5. The van der Waals surface area contributed by atoms with Gasteiger partial charge in [-0.1, -0.05) is 23.2 Å². The van der Waals surface area contributed by atoms with Gasteiger partial charge in [0.1, 0.15) is 51.9 Å². The predicted molar refractivity (Wildman–Crippen MR) is 163 cm³/mol. The van der Waals surface area contributed by atoms with Crippen molar-refractivity contribution < 1.29 is 19.0 Å². The number of urea groups is 1. The quantitative estimate of drug-likeness (QED) is 0.407. The Labute approximate surface area is 249 Å². The normalized spacial score (nSPS) is 16.1. The lowest BCUT2D eigenvalue weighted by Gasteiger charge is -2.44. The van der Waals surface area contributed by atoms with E-state index in [2.05, 4.69) is 43.5 Å². The number of likely N-dealkylation sites (N-methyl/N-ethyl adjacent to an activating group) is 1. The summed E-state index contributed by atoms with van der Waals surface area (Å²) in [6.07, 6.45) is 1.37. The summed E-state index contributed by atoms with van der Waals surface area (Å²) in [6, 6.07) is 9.04. The van der Waals surface area contributed by atoms with Crippen LogP contribution in [0.3, 0.4) is 0 Å². The number of methoxy groups -OCH3 is 2. The minimum absolute atomic E-state index is 0. The van der Waals surface area contributed by atoms with Gasteiger partial charge in [0.2, 0.25) is 0 Å². The molecule has 0 bridgehead atoms. The molecule has 5 rings (SSSR count). The number of anilines is 5. The largest absolute Gasteiger partial charge is 0.495 e. The molecule has 2 aromatic carbocycles. The second-order valence-electron chi connectivity index (χ2n) is 9.26. The maximum Gasteiger partial charge on any atom is 0.327 e. The third-order valence-corrected chi connectivity index (χ3v) is 7.52. The first-order valence-electron chi connectivity index (χ1n) is 12.2. The average molecular weight is 609 g/mol. The van der Waals surface area contributed by atoms with E-state index in [9.17, 15) is 4.79 Å². The van der Waals surface area contributed by atoms with Crippen LogP contribution in [0.15, 0.2) is 36.7 Å². The van der Waals surface area contributed by atoms with Gasteiger partial charge in [0.25, 0.3) is 0 Å². The number of aromatic nitrogens is 2. The Morgan fingerprint density at radius 3 is 2.52 bits per heavy atom. The van der Waals surface area contributed by atoms with E-state index in [0.717, 1.165) is 36.8 Å². The fourth-order valence-corrected chi connectivity index (χ4v) is 5.23. The Hall–Kier alpha value is -3.32. The number of rotatable bonds is 6. The van der Waals surface area contributed by atoms with Crippen LogP contribution in [0.2, 0.25) is 10.0 Å². The Morgan fingerprint density at radius 2 is 1.82 bits per heavy atom. The summed E-state index contributed by atoms with van der Waals surface area (Å²) >= 11 is 12.8. The molecule has 40 heavy (non-hydrogen) atoms. The van der Waals surface area contributed by atoms with Crippen LogP contribution < -0.4 is 34.6 Å². The molecule has 11 nitrogen and oxygen atoms in total. The van der Waals surface area contributed by atoms with Crippen LogP contribution in [0.5, 0.6) is 17.2 Å². The third kappa shape index (κ3) is 5.90. The van der Waals surface area contributed by atoms with Crippen LogP contribution in [0.1, 0.15) is 0 Å². The fraction of sp³-hybridized carbons (Fsp3) is 0.346. The summed E-state index contributed by atoms with van der Waals surface area (Å²) in [4.78, 5) is 27.7. The molecule has 1 fully saturated rings. The zero-order valence-corrected chi connectivity index (χ0v) is 25.0. The van der Waals surface area contributed by atoms with Crippen LogP contribution in [0.25, 0.3) is 0 Å². The average Bonchev–Trinajstić information content (AvgIpc) is 2.94. The number of hydrogen-bond donors (Lipinski definition) is 2. The van der Waals surface area contributed by atoms with Crippen molar-refractivity contribution in [3.05, 3.63) is 46.7 Å². The van der Waals surface area contributed by atoms with Crippen LogP contribution in [0.4, 0.5) is 33.5 Å². The summed E-state index contributed by atoms with van der Waals surface area (Å²) in [7, 11) is 6.62. The number of amides is 2. The maximum atomic E-state index is 13.1. The van der Waals surface area contributed by atoms with Crippen LogP contribution >= 0.6 is 36.7 Å². The number of piperazine rings is 1. The Morgan fingerprint density at radius 1 is 1.10 bits per heavy atom. The number of hydrogen-bond acceptors (Lipinski definition) is 9. The molecule has 14 heteroatoms. The van der Waals surface area contributed by atoms with Crippen molar-refractivity contribution in [1.82, 2.24) is 14.9 Å². The van der Waals surface area contributed by atoms with E-state index in [1.165, 1.54) is 25.4 Å². The summed E-state index contributed by atoms with van der Waals surface area (Å²) in [5, 5.41) is 6.28. The summed E-state index contributed by atoms with van der Waals surface area (Å²) in [5.41, 5.74) is 2.06. The fourth-order valence-electron chi connectivity index (χ4n) is 4.64. The van der Waals surface area contributed by atoms with Gasteiger partial charge in [0, 0.05) is 50.6 Å². The lowest BCUT2D eigenvalue weighted by molar-refractivity contribution is 0.188. The van der Waals surface area contributed by atoms with Gasteiger partial charge in [0.15, 0.2) is 0 Å². The number of nitrogens with one attached hydrogen (secondary N) is 2. The van der Waals surface area contributed by atoms with Gasteiger partial charge >= 0.3 is 6.03 Å². The number of ether oxygens (including phenoxy) is 3. The Bertz CT molecular complexity index is 1370. The standard InChI is InChI=1S/C26H29Cl2N7O4.H2S/c1-33-7-8-35-16(12-33)13-39-18-9-15(5-6-17(18)35)31-21-11-22(30-14-29-21)34(2)26(36)32-25-23(27)19(37-3)10-20(38-4)24(25)28;/h5-6,9-11,14,16H,7-8,12-13H2,1-4H3,(H,32,36)(H,29,30,31);1H2/t16-;/m0./s1. The highest BCUT2D eigenvalue weighted by atomic mass is 35.5. The first-order valence-corrected chi connectivity index (χ1v) is 13.0. The Kier molecular flexibility index (Phi) is 9.24. The molecule has 0 unspecified atom stereocenters.